The first-order valence-corrected chi connectivity index (χ1v) is 9.80. The van der Waals surface area contributed by atoms with Gasteiger partial charge in [0.05, 0.1) is 12.0 Å². The van der Waals surface area contributed by atoms with Crippen LogP contribution in [-0.2, 0) is 10.0 Å². The zero-order chi connectivity index (χ0) is 18.6. The largest absolute Gasteiger partial charge is 0.497 e. The van der Waals surface area contributed by atoms with E-state index >= 15 is 0 Å². The van der Waals surface area contributed by atoms with Crippen LogP contribution in [0.1, 0.15) is 0 Å². The Balaban J connectivity index is 1.63. The van der Waals surface area contributed by atoms with Gasteiger partial charge in [-0.15, -0.1) is 0 Å². The van der Waals surface area contributed by atoms with Crippen molar-refractivity contribution in [2.75, 3.05) is 20.3 Å². The van der Waals surface area contributed by atoms with Gasteiger partial charge in [-0.1, -0.05) is 23.7 Å². The number of sulfonamides is 1. The van der Waals surface area contributed by atoms with Crippen LogP contribution >= 0.6 is 11.6 Å². The van der Waals surface area contributed by atoms with Gasteiger partial charge in [-0.25, -0.2) is 13.1 Å². The maximum absolute atomic E-state index is 12.4. The molecule has 0 radical (unpaired) electrons. The van der Waals surface area contributed by atoms with Crippen LogP contribution in [0.3, 0.4) is 0 Å². The Kier molecular flexibility index (Phi) is 5.66. The number of hydrogen-bond donors (Lipinski definition) is 1. The zero-order valence-electron chi connectivity index (χ0n) is 14.1. The van der Waals surface area contributed by atoms with Crippen LogP contribution < -0.4 is 14.2 Å². The van der Waals surface area contributed by atoms with Gasteiger partial charge < -0.3 is 9.47 Å². The Morgan fingerprint density at radius 2 is 1.58 bits per heavy atom. The summed E-state index contributed by atoms with van der Waals surface area (Å²) in [5.74, 6) is 1.36. The summed E-state index contributed by atoms with van der Waals surface area (Å²) in [5, 5.41) is 2.35. The van der Waals surface area contributed by atoms with Crippen molar-refractivity contribution >= 4 is 32.4 Å². The lowest BCUT2D eigenvalue weighted by Crippen LogP contribution is -2.28. The normalized spacial score (nSPS) is 11.5. The molecule has 26 heavy (non-hydrogen) atoms. The van der Waals surface area contributed by atoms with Crippen molar-refractivity contribution in [1.29, 1.82) is 0 Å². The molecule has 0 spiro atoms. The Hall–Kier alpha value is -2.28. The average Bonchev–Trinajstić information content (AvgIpc) is 2.65. The molecule has 3 aromatic rings. The molecule has 0 saturated heterocycles. The third-order valence-electron chi connectivity index (χ3n) is 3.81. The molecule has 0 aliphatic rings. The molecule has 0 aliphatic heterocycles. The standard InChI is InChI=1S/C19H18ClNO4S/c1-24-18-6-2-15-13-19(9-3-14(15)12-18)26(22,23)21-10-11-25-17-7-4-16(20)5-8-17/h2-9,12-13,21H,10-11H2,1H3. The minimum absolute atomic E-state index is 0.158. The van der Waals surface area contributed by atoms with Gasteiger partial charge in [-0.3, -0.25) is 0 Å². The van der Waals surface area contributed by atoms with Crippen molar-refractivity contribution < 1.29 is 17.9 Å². The molecule has 1 N–H and O–H groups in total. The second kappa shape index (κ2) is 7.95. The first-order chi connectivity index (χ1) is 12.5. The second-order valence-corrected chi connectivity index (χ2v) is 7.78. The number of nitrogens with one attached hydrogen (secondary N) is 1. The third kappa shape index (κ3) is 4.46. The molecule has 0 amide bonds. The van der Waals surface area contributed by atoms with Gasteiger partial charge in [0, 0.05) is 11.6 Å². The fourth-order valence-electron chi connectivity index (χ4n) is 2.46. The lowest BCUT2D eigenvalue weighted by Gasteiger charge is -2.10. The molecular weight excluding hydrogens is 374 g/mol. The molecule has 0 aromatic heterocycles. The lowest BCUT2D eigenvalue weighted by atomic mass is 10.1. The number of hydrogen-bond acceptors (Lipinski definition) is 4. The van der Waals surface area contributed by atoms with Crippen LogP contribution in [0.25, 0.3) is 10.8 Å². The average molecular weight is 392 g/mol. The molecule has 5 nitrogen and oxygen atoms in total. The monoisotopic (exact) mass is 391 g/mol. The predicted molar refractivity (Wildman–Crippen MR) is 103 cm³/mol. The van der Waals surface area contributed by atoms with E-state index in [1.807, 2.05) is 12.1 Å². The minimum Gasteiger partial charge on any atom is -0.497 e. The SMILES string of the molecule is COc1ccc2cc(S(=O)(=O)NCCOc3ccc(Cl)cc3)ccc2c1. The molecule has 0 atom stereocenters. The molecular formula is C19H18ClNO4S. The predicted octanol–water partition coefficient (Wildman–Crippen LogP) is 3.86. The Morgan fingerprint density at radius 1 is 0.923 bits per heavy atom. The highest BCUT2D eigenvalue weighted by molar-refractivity contribution is 7.89. The lowest BCUT2D eigenvalue weighted by molar-refractivity contribution is 0.323. The summed E-state index contributed by atoms with van der Waals surface area (Å²) in [5.41, 5.74) is 0. The van der Waals surface area contributed by atoms with E-state index < -0.39 is 10.0 Å². The summed E-state index contributed by atoms with van der Waals surface area (Å²) in [7, 11) is -2.02. The van der Waals surface area contributed by atoms with Crippen molar-refractivity contribution in [2.45, 2.75) is 4.90 Å². The van der Waals surface area contributed by atoms with Crippen molar-refractivity contribution in [1.82, 2.24) is 4.72 Å². The molecule has 3 aromatic carbocycles. The van der Waals surface area contributed by atoms with Gasteiger partial charge >= 0.3 is 0 Å². The van der Waals surface area contributed by atoms with Crippen LogP contribution in [0.4, 0.5) is 0 Å². The van der Waals surface area contributed by atoms with E-state index in [1.165, 1.54) is 0 Å². The first kappa shape index (κ1) is 18.5. The molecule has 0 heterocycles. The highest BCUT2D eigenvalue weighted by Gasteiger charge is 2.14. The number of rotatable bonds is 7. The van der Waals surface area contributed by atoms with Crippen molar-refractivity contribution in [3.63, 3.8) is 0 Å². The molecule has 0 bridgehead atoms. The zero-order valence-corrected chi connectivity index (χ0v) is 15.7. The quantitative estimate of drug-likeness (QED) is 0.621. The number of benzene rings is 3. The number of methoxy groups -OCH3 is 1. The maximum Gasteiger partial charge on any atom is 0.240 e. The summed E-state index contributed by atoms with van der Waals surface area (Å²) in [4.78, 5) is 0.210. The fraction of sp³-hybridized carbons (Fsp3) is 0.158. The summed E-state index contributed by atoms with van der Waals surface area (Å²) in [6, 6.07) is 17.3. The fourth-order valence-corrected chi connectivity index (χ4v) is 3.63. The van der Waals surface area contributed by atoms with Crippen LogP contribution in [0, 0.1) is 0 Å². The number of fused-ring (bicyclic) bond motifs is 1. The minimum atomic E-state index is -3.61. The second-order valence-electron chi connectivity index (χ2n) is 5.58. The molecule has 0 saturated carbocycles. The van der Waals surface area contributed by atoms with Crippen molar-refractivity contribution in [2.24, 2.45) is 0 Å². The first-order valence-electron chi connectivity index (χ1n) is 7.94. The topological polar surface area (TPSA) is 64.6 Å². The van der Waals surface area contributed by atoms with E-state index in [0.29, 0.717) is 10.8 Å². The van der Waals surface area contributed by atoms with E-state index in [0.717, 1.165) is 16.5 Å². The van der Waals surface area contributed by atoms with Crippen LogP contribution in [0.5, 0.6) is 11.5 Å². The molecule has 0 fully saturated rings. The van der Waals surface area contributed by atoms with E-state index in [9.17, 15) is 8.42 Å². The Morgan fingerprint density at radius 3 is 2.31 bits per heavy atom. The maximum atomic E-state index is 12.4. The summed E-state index contributed by atoms with van der Waals surface area (Å²) in [6.45, 7) is 0.372. The Labute approximate surface area is 157 Å². The summed E-state index contributed by atoms with van der Waals surface area (Å²) in [6.07, 6.45) is 0. The van der Waals surface area contributed by atoms with Gasteiger partial charge in [0.25, 0.3) is 0 Å². The van der Waals surface area contributed by atoms with E-state index in [4.69, 9.17) is 21.1 Å². The highest BCUT2D eigenvalue weighted by Crippen LogP contribution is 2.23. The van der Waals surface area contributed by atoms with E-state index in [-0.39, 0.29) is 18.0 Å². The van der Waals surface area contributed by atoms with Crippen LogP contribution in [0.15, 0.2) is 65.6 Å². The number of halogens is 1. The molecule has 3 rings (SSSR count). The van der Waals surface area contributed by atoms with Crippen molar-refractivity contribution in [3.8, 4) is 11.5 Å². The Bertz CT molecular complexity index is 1000. The number of ether oxygens (including phenoxy) is 2. The summed E-state index contributed by atoms with van der Waals surface area (Å²) >= 11 is 5.80. The van der Waals surface area contributed by atoms with Gasteiger partial charge in [-0.2, -0.15) is 0 Å². The van der Waals surface area contributed by atoms with E-state index in [1.54, 1.807) is 55.6 Å². The molecule has 0 unspecified atom stereocenters. The van der Waals surface area contributed by atoms with Gasteiger partial charge in [-0.05, 0) is 59.3 Å². The van der Waals surface area contributed by atoms with Gasteiger partial charge in [0.15, 0.2) is 0 Å². The highest BCUT2D eigenvalue weighted by atomic mass is 35.5. The van der Waals surface area contributed by atoms with Gasteiger partial charge in [0.1, 0.15) is 18.1 Å². The summed E-state index contributed by atoms with van der Waals surface area (Å²) < 4.78 is 38.1. The van der Waals surface area contributed by atoms with Crippen molar-refractivity contribution in [3.05, 3.63) is 65.7 Å². The van der Waals surface area contributed by atoms with Crippen LogP contribution in [-0.4, -0.2) is 28.7 Å². The van der Waals surface area contributed by atoms with Gasteiger partial charge in [0.2, 0.25) is 10.0 Å². The third-order valence-corrected chi connectivity index (χ3v) is 5.52. The molecule has 0 aliphatic carbocycles. The molecule has 136 valence electrons. The van der Waals surface area contributed by atoms with Crippen LogP contribution in [0.2, 0.25) is 5.02 Å². The van der Waals surface area contributed by atoms with E-state index in [2.05, 4.69) is 4.72 Å². The molecule has 7 heteroatoms. The smallest absolute Gasteiger partial charge is 0.240 e.